The van der Waals surface area contributed by atoms with Crippen LogP contribution in [-0.2, 0) is 9.53 Å². The van der Waals surface area contributed by atoms with Crippen LogP contribution in [0.25, 0.3) is 0 Å². The Hall–Kier alpha value is -0.650. The predicted octanol–water partition coefficient (Wildman–Crippen LogP) is 0.574. The Balaban J connectivity index is 1.76. The van der Waals surface area contributed by atoms with Crippen molar-refractivity contribution in [2.24, 2.45) is 11.3 Å². The molecule has 2 aliphatic rings. The lowest BCUT2D eigenvalue weighted by atomic mass is 9.89. The number of aliphatic hydroxyl groups excluding tert-OH is 1. The van der Waals surface area contributed by atoms with Crippen molar-refractivity contribution in [2.45, 2.75) is 33.3 Å². The van der Waals surface area contributed by atoms with Crippen molar-refractivity contribution in [3.63, 3.8) is 0 Å². The van der Waals surface area contributed by atoms with Crippen LogP contribution in [0.3, 0.4) is 0 Å². The second kappa shape index (κ2) is 6.41. The van der Waals surface area contributed by atoms with Gasteiger partial charge in [-0.1, -0.05) is 20.8 Å². The Bertz CT molecular complexity index is 327. The molecule has 0 aliphatic carbocycles. The molecule has 0 spiro atoms. The van der Waals surface area contributed by atoms with Gasteiger partial charge in [0.1, 0.15) is 0 Å². The molecule has 2 saturated heterocycles. The maximum Gasteiger partial charge on any atom is 0.228 e. The van der Waals surface area contributed by atoms with E-state index in [1.54, 1.807) is 0 Å². The highest BCUT2D eigenvalue weighted by Crippen LogP contribution is 2.21. The Morgan fingerprint density at radius 3 is 2.45 bits per heavy atom. The zero-order valence-corrected chi connectivity index (χ0v) is 13.0. The Morgan fingerprint density at radius 2 is 1.95 bits per heavy atom. The summed E-state index contributed by atoms with van der Waals surface area (Å²) in [7, 11) is 0. The van der Waals surface area contributed by atoms with E-state index in [2.05, 4.69) is 25.7 Å². The summed E-state index contributed by atoms with van der Waals surface area (Å²) in [5.41, 5.74) is -0.0891. The average Bonchev–Trinajstić information content (AvgIpc) is 2.91. The third kappa shape index (κ3) is 3.93. The lowest BCUT2D eigenvalue weighted by molar-refractivity contribution is -0.137. The highest BCUT2D eigenvalue weighted by molar-refractivity contribution is 5.79. The van der Waals surface area contributed by atoms with Gasteiger partial charge in [-0.05, 0) is 11.8 Å². The molecule has 1 amide bonds. The fourth-order valence-corrected chi connectivity index (χ4v) is 2.66. The van der Waals surface area contributed by atoms with Gasteiger partial charge in [0, 0.05) is 39.3 Å². The average molecular weight is 284 g/mol. The molecule has 2 rings (SSSR count). The van der Waals surface area contributed by atoms with E-state index in [1.807, 2.05) is 4.90 Å². The van der Waals surface area contributed by atoms with Gasteiger partial charge in [-0.3, -0.25) is 9.69 Å². The summed E-state index contributed by atoms with van der Waals surface area (Å²) in [6.07, 6.45) is 0.537. The van der Waals surface area contributed by atoms with Gasteiger partial charge in [0.25, 0.3) is 0 Å². The van der Waals surface area contributed by atoms with E-state index in [9.17, 15) is 9.90 Å². The van der Waals surface area contributed by atoms with E-state index in [0.29, 0.717) is 19.8 Å². The molecular weight excluding hydrogens is 256 g/mol. The lowest BCUT2D eigenvalue weighted by Crippen LogP contribution is -2.52. The number of ether oxygens (including phenoxy) is 1. The molecule has 0 saturated carbocycles. The Labute approximate surface area is 121 Å². The molecule has 2 unspecified atom stereocenters. The van der Waals surface area contributed by atoms with Crippen molar-refractivity contribution in [3.8, 4) is 0 Å². The highest BCUT2D eigenvalue weighted by atomic mass is 16.5. The van der Waals surface area contributed by atoms with Gasteiger partial charge in [-0.15, -0.1) is 0 Å². The number of piperazine rings is 1. The smallest absolute Gasteiger partial charge is 0.228 e. The number of aliphatic hydroxyl groups is 1. The number of carbonyl (C=O) groups is 1. The zero-order chi connectivity index (χ0) is 14.8. The van der Waals surface area contributed by atoms with Crippen LogP contribution in [0.2, 0.25) is 0 Å². The van der Waals surface area contributed by atoms with Gasteiger partial charge in [0.15, 0.2) is 0 Å². The molecule has 0 bridgehead atoms. The first kappa shape index (κ1) is 15.7. The zero-order valence-electron chi connectivity index (χ0n) is 13.0. The lowest BCUT2D eigenvalue weighted by Gasteiger charge is -2.38. The molecule has 20 heavy (non-hydrogen) atoms. The maximum atomic E-state index is 12.3. The summed E-state index contributed by atoms with van der Waals surface area (Å²) in [5.74, 6) is 0.320. The molecule has 0 aromatic rings. The van der Waals surface area contributed by atoms with Crippen LogP contribution >= 0.6 is 0 Å². The van der Waals surface area contributed by atoms with Crippen molar-refractivity contribution < 1.29 is 14.6 Å². The molecule has 2 heterocycles. The number of hydrogen-bond acceptors (Lipinski definition) is 4. The molecule has 5 heteroatoms. The third-order valence-corrected chi connectivity index (χ3v) is 4.39. The first-order valence-corrected chi connectivity index (χ1v) is 7.65. The van der Waals surface area contributed by atoms with Crippen LogP contribution < -0.4 is 0 Å². The van der Waals surface area contributed by atoms with E-state index in [1.165, 1.54) is 0 Å². The molecule has 116 valence electrons. The first-order valence-electron chi connectivity index (χ1n) is 7.65. The van der Waals surface area contributed by atoms with Gasteiger partial charge >= 0.3 is 0 Å². The minimum atomic E-state index is -0.326. The van der Waals surface area contributed by atoms with Crippen molar-refractivity contribution in [1.29, 1.82) is 0 Å². The van der Waals surface area contributed by atoms with E-state index in [0.717, 1.165) is 32.6 Å². The van der Waals surface area contributed by atoms with Crippen molar-refractivity contribution in [2.75, 3.05) is 45.9 Å². The molecule has 0 aromatic heterocycles. The van der Waals surface area contributed by atoms with E-state index >= 15 is 0 Å². The van der Waals surface area contributed by atoms with Crippen molar-refractivity contribution in [3.05, 3.63) is 0 Å². The summed E-state index contributed by atoms with van der Waals surface area (Å²) in [6.45, 7) is 11.4. The van der Waals surface area contributed by atoms with Crippen molar-refractivity contribution in [1.82, 2.24) is 9.80 Å². The minimum absolute atomic E-state index is 0.0710. The Kier molecular flexibility index (Phi) is 5.04. The van der Waals surface area contributed by atoms with E-state index in [-0.39, 0.29) is 23.3 Å². The molecular formula is C15H28N2O3. The fraction of sp³-hybridized carbons (Fsp3) is 0.933. The molecule has 0 radical (unpaired) electrons. The molecule has 2 fully saturated rings. The molecule has 2 atom stereocenters. The maximum absolute atomic E-state index is 12.3. The largest absolute Gasteiger partial charge is 0.391 e. The third-order valence-electron chi connectivity index (χ3n) is 4.39. The van der Waals surface area contributed by atoms with Gasteiger partial charge in [0.2, 0.25) is 5.91 Å². The standard InChI is InChI=1S/C15H28N2O3/c1-15(2,3)13(18)10-16-5-7-17(8-6-16)14(19)12-4-9-20-11-12/h12-13,18H,4-11H2,1-3H3. The van der Waals surface area contributed by atoms with Crippen LogP contribution in [0.1, 0.15) is 27.2 Å². The molecule has 5 nitrogen and oxygen atoms in total. The normalized spacial score (nSPS) is 26.8. The van der Waals surface area contributed by atoms with Crippen LogP contribution in [0, 0.1) is 11.3 Å². The van der Waals surface area contributed by atoms with Crippen LogP contribution in [-0.4, -0.2) is 72.9 Å². The van der Waals surface area contributed by atoms with Crippen LogP contribution in [0.4, 0.5) is 0 Å². The summed E-state index contributed by atoms with van der Waals surface area (Å²) >= 11 is 0. The number of amides is 1. The van der Waals surface area contributed by atoms with Gasteiger partial charge in [-0.25, -0.2) is 0 Å². The number of rotatable bonds is 3. The number of carbonyl (C=O) groups excluding carboxylic acids is 1. The predicted molar refractivity (Wildman–Crippen MR) is 77.4 cm³/mol. The minimum Gasteiger partial charge on any atom is -0.391 e. The first-order chi connectivity index (χ1) is 9.38. The topological polar surface area (TPSA) is 53.0 Å². The quantitative estimate of drug-likeness (QED) is 0.823. The number of hydrogen-bond donors (Lipinski definition) is 1. The second-order valence-corrected chi connectivity index (χ2v) is 7.07. The van der Waals surface area contributed by atoms with Crippen LogP contribution in [0.15, 0.2) is 0 Å². The summed E-state index contributed by atoms with van der Waals surface area (Å²) in [5, 5.41) is 10.1. The van der Waals surface area contributed by atoms with E-state index < -0.39 is 0 Å². The second-order valence-electron chi connectivity index (χ2n) is 7.07. The molecule has 0 aromatic carbocycles. The summed E-state index contributed by atoms with van der Waals surface area (Å²) in [4.78, 5) is 16.5. The summed E-state index contributed by atoms with van der Waals surface area (Å²) in [6, 6.07) is 0. The monoisotopic (exact) mass is 284 g/mol. The van der Waals surface area contributed by atoms with E-state index in [4.69, 9.17) is 4.74 Å². The molecule has 1 N–H and O–H groups in total. The van der Waals surface area contributed by atoms with Crippen LogP contribution in [0.5, 0.6) is 0 Å². The van der Waals surface area contributed by atoms with Crippen molar-refractivity contribution >= 4 is 5.91 Å². The highest BCUT2D eigenvalue weighted by Gasteiger charge is 2.31. The molecule has 2 aliphatic heterocycles. The summed E-state index contributed by atoms with van der Waals surface area (Å²) < 4.78 is 5.29. The number of β-amino-alcohol motifs (C(OH)–C–C–N with tert-alkyl or cyclic N) is 1. The Morgan fingerprint density at radius 1 is 1.30 bits per heavy atom. The van der Waals surface area contributed by atoms with Gasteiger partial charge in [0.05, 0.1) is 18.6 Å². The SMILES string of the molecule is CC(C)(C)C(O)CN1CCN(C(=O)C2CCOC2)CC1. The van der Waals surface area contributed by atoms with Gasteiger partial charge < -0.3 is 14.7 Å². The fourth-order valence-electron chi connectivity index (χ4n) is 2.66. The van der Waals surface area contributed by atoms with Gasteiger partial charge in [-0.2, -0.15) is 0 Å². The number of nitrogens with zero attached hydrogens (tertiary/aromatic N) is 2.